The summed E-state index contributed by atoms with van der Waals surface area (Å²) in [6.07, 6.45) is 7.18. The van der Waals surface area contributed by atoms with Crippen molar-refractivity contribution in [3.8, 4) is 0 Å². The molecular formula is C12H14N2O. The van der Waals surface area contributed by atoms with Crippen LogP contribution in [-0.4, -0.2) is 29.3 Å². The lowest BCUT2D eigenvalue weighted by atomic mass is 10.1. The molecule has 0 amide bonds. The molecule has 0 aromatic carbocycles. The van der Waals surface area contributed by atoms with Crippen molar-refractivity contribution in [2.75, 3.05) is 13.6 Å². The third-order valence-corrected chi connectivity index (χ3v) is 2.68. The Labute approximate surface area is 89.4 Å². The Morgan fingerprint density at radius 3 is 2.80 bits per heavy atom. The van der Waals surface area contributed by atoms with E-state index in [0.29, 0.717) is 5.56 Å². The van der Waals surface area contributed by atoms with Crippen LogP contribution < -0.4 is 0 Å². The lowest BCUT2D eigenvalue weighted by Gasteiger charge is -2.11. The molecule has 1 aliphatic rings. The molecule has 3 heteroatoms. The van der Waals surface area contributed by atoms with E-state index < -0.39 is 0 Å². The molecule has 1 aliphatic heterocycles. The number of hydrogen-bond acceptors (Lipinski definition) is 3. The number of carbonyl (C=O) groups is 1. The highest BCUT2D eigenvalue weighted by Crippen LogP contribution is 2.19. The van der Waals surface area contributed by atoms with Crippen LogP contribution in [0.4, 0.5) is 0 Å². The normalized spacial score (nSPS) is 18.5. The minimum atomic E-state index is 0.0705. The van der Waals surface area contributed by atoms with Crippen LogP contribution in [0.2, 0.25) is 0 Å². The van der Waals surface area contributed by atoms with Crippen molar-refractivity contribution >= 4 is 5.78 Å². The molecule has 1 fully saturated rings. The predicted octanol–water partition coefficient (Wildman–Crippen LogP) is 1.87. The highest BCUT2D eigenvalue weighted by Gasteiger charge is 2.14. The summed E-state index contributed by atoms with van der Waals surface area (Å²) in [4.78, 5) is 17.8. The molecule has 0 radical (unpaired) electrons. The van der Waals surface area contributed by atoms with E-state index >= 15 is 0 Å². The van der Waals surface area contributed by atoms with E-state index in [4.69, 9.17) is 0 Å². The molecule has 0 bridgehead atoms. The number of likely N-dealkylation sites (tertiary alicyclic amines) is 1. The van der Waals surface area contributed by atoms with Crippen LogP contribution in [0, 0.1) is 0 Å². The zero-order valence-corrected chi connectivity index (χ0v) is 8.81. The van der Waals surface area contributed by atoms with Crippen LogP contribution in [0.5, 0.6) is 0 Å². The SMILES string of the molecule is CN1CCCC1=CC(=O)c1ccncc1. The van der Waals surface area contributed by atoms with E-state index in [1.807, 2.05) is 7.05 Å². The lowest BCUT2D eigenvalue weighted by molar-refractivity contribution is 0.104. The molecule has 2 heterocycles. The minimum Gasteiger partial charge on any atom is -0.378 e. The van der Waals surface area contributed by atoms with Gasteiger partial charge in [-0.1, -0.05) is 0 Å². The summed E-state index contributed by atoms with van der Waals surface area (Å²) in [7, 11) is 2.03. The second-order valence-electron chi connectivity index (χ2n) is 3.76. The number of nitrogens with zero attached hydrogens (tertiary/aromatic N) is 2. The summed E-state index contributed by atoms with van der Waals surface area (Å²) >= 11 is 0. The van der Waals surface area contributed by atoms with Crippen molar-refractivity contribution < 1.29 is 4.79 Å². The molecule has 0 spiro atoms. The molecule has 1 saturated heterocycles. The van der Waals surface area contributed by atoms with Gasteiger partial charge in [-0.3, -0.25) is 9.78 Å². The van der Waals surface area contributed by atoms with Crippen LogP contribution in [0.1, 0.15) is 23.2 Å². The smallest absolute Gasteiger partial charge is 0.187 e. The Hall–Kier alpha value is -1.64. The molecule has 15 heavy (non-hydrogen) atoms. The van der Waals surface area contributed by atoms with Gasteiger partial charge in [0.2, 0.25) is 0 Å². The van der Waals surface area contributed by atoms with Gasteiger partial charge in [-0.25, -0.2) is 0 Å². The quantitative estimate of drug-likeness (QED) is 0.542. The first-order chi connectivity index (χ1) is 7.27. The molecule has 78 valence electrons. The monoisotopic (exact) mass is 202 g/mol. The first-order valence-corrected chi connectivity index (χ1v) is 5.13. The number of pyridine rings is 1. The van der Waals surface area contributed by atoms with E-state index in [1.165, 1.54) is 0 Å². The first-order valence-electron chi connectivity index (χ1n) is 5.13. The molecule has 0 unspecified atom stereocenters. The number of carbonyl (C=O) groups excluding carboxylic acids is 1. The van der Waals surface area contributed by atoms with Crippen molar-refractivity contribution in [3.05, 3.63) is 41.9 Å². The van der Waals surface area contributed by atoms with Crippen LogP contribution in [0.3, 0.4) is 0 Å². The van der Waals surface area contributed by atoms with Gasteiger partial charge in [0.05, 0.1) is 0 Å². The maximum absolute atomic E-state index is 11.8. The topological polar surface area (TPSA) is 33.2 Å². The highest BCUT2D eigenvalue weighted by atomic mass is 16.1. The average Bonchev–Trinajstić information content (AvgIpc) is 2.66. The van der Waals surface area contributed by atoms with Crippen LogP contribution >= 0.6 is 0 Å². The van der Waals surface area contributed by atoms with Gasteiger partial charge in [0.1, 0.15) is 0 Å². The largest absolute Gasteiger partial charge is 0.378 e. The van der Waals surface area contributed by atoms with Crippen molar-refractivity contribution in [3.63, 3.8) is 0 Å². The minimum absolute atomic E-state index is 0.0705. The molecule has 0 saturated carbocycles. The number of rotatable bonds is 2. The van der Waals surface area contributed by atoms with Crippen LogP contribution in [0.15, 0.2) is 36.3 Å². The van der Waals surface area contributed by atoms with Crippen LogP contribution in [0.25, 0.3) is 0 Å². The van der Waals surface area contributed by atoms with Crippen LogP contribution in [-0.2, 0) is 0 Å². The fraction of sp³-hybridized carbons (Fsp3) is 0.333. The summed E-state index contributed by atoms with van der Waals surface area (Å²) in [6.45, 7) is 1.05. The summed E-state index contributed by atoms with van der Waals surface area (Å²) in [5, 5.41) is 0. The molecule has 1 aromatic heterocycles. The Bertz CT molecular complexity index is 384. The number of aromatic nitrogens is 1. The van der Waals surface area contributed by atoms with E-state index in [-0.39, 0.29) is 5.78 Å². The lowest BCUT2D eigenvalue weighted by Crippen LogP contribution is -2.11. The molecule has 0 atom stereocenters. The predicted molar refractivity (Wildman–Crippen MR) is 58.5 cm³/mol. The van der Waals surface area contributed by atoms with Gasteiger partial charge in [0.15, 0.2) is 5.78 Å². The van der Waals surface area contributed by atoms with E-state index in [9.17, 15) is 4.79 Å². The fourth-order valence-electron chi connectivity index (χ4n) is 1.77. The van der Waals surface area contributed by atoms with Gasteiger partial charge < -0.3 is 4.90 Å². The first kappa shape index (κ1) is 9.90. The standard InChI is InChI=1S/C12H14N2O/c1-14-8-2-3-11(14)9-12(15)10-4-6-13-7-5-10/h4-7,9H,2-3,8H2,1H3. The number of hydrogen-bond donors (Lipinski definition) is 0. The third kappa shape index (κ3) is 2.24. The Morgan fingerprint density at radius 2 is 2.20 bits per heavy atom. The van der Waals surface area contributed by atoms with Gasteiger partial charge in [-0.05, 0) is 25.0 Å². The molecule has 2 rings (SSSR count). The van der Waals surface area contributed by atoms with Crippen molar-refractivity contribution in [2.24, 2.45) is 0 Å². The summed E-state index contributed by atoms with van der Waals surface area (Å²) in [5.74, 6) is 0.0705. The van der Waals surface area contributed by atoms with E-state index in [0.717, 1.165) is 25.1 Å². The Morgan fingerprint density at radius 1 is 1.47 bits per heavy atom. The average molecular weight is 202 g/mol. The molecule has 0 N–H and O–H groups in total. The summed E-state index contributed by atoms with van der Waals surface area (Å²) in [5.41, 5.74) is 1.84. The Kier molecular flexibility index (Phi) is 2.81. The summed E-state index contributed by atoms with van der Waals surface area (Å²) in [6, 6.07) is 3.49. The van der Waals surface area contributed by atoms with Crippen molar-refractivity contribution in [1.29, 1.82) is 0 Å². The van der Waals surface area contributed by atoms with Gasteiger partial charge >= 0.3 is 0 Å². The maximum atomic E-state index is 11.8. The van der Waals surface area contributed by atoms with Gasteiger partial charge in [-0.15, -0.1) is 0 Å². The number of allylic oxidation sites excluding steroid dienone is 2. The molecule has 1 aromatic rings. The molecule has 3 nitrogen and oxygen atoms in total. The Balaban J connectivity index is 2.16. The van der Waals surface area contributed by atoms with E-state index in [1.54, 1.807) is 30.6 Å². The summed E-state index contributed by atoms with van der Waals surface area (Å²) < 4.78 is 0. The molecular weight excluding hydrogens is 188 g/mol. The van der Waals surface area contributed by atoms with Crippen molar-refractivity contribution in [1.82, 2.24) is 9.88 Å². The van der Waals surface area contributed by atoms with Gasteiger partial charge in [0, 0.05) is 43.3 Å². The highest BCUT2D eigenvalue weighted by molar-refractivity contribution is 6.04. The number of ketones is 1. The van der Waals surface area contributed by atoms with Gasteiger partial charge in [0.25, 0.3) is 0 Å². The maximum Gasteiger partial charge on any atom is 0.187 e. The second-order valence-corrected chi connectivity index (χ2v) is 3.76. The van der Waals surface area contributed by atoms with E-state index in [2.05, 4.69) is 9.88 Å². The third-order valence-electron chi connectivity index (χ3n) is 2.68. The molecule has 0 aliphatic carbocycles. The van der Waals surface area contributed by atoms with Gasteiger partial charge in [-0.2, -0.15) is 0 Å². The van der Waals surface area contributed by atoms with Crippen molar-refractivity contribution in [2.45, 2.75) is 12.8 Å². The second kappa shape index (κ2) is 4.26. The zero-order chi connectivity index (χ0) is 10.7. The zero-order valence-electron chi connectivity index (χ0n) is 8.81. The fourth-order valence-corrected chi connectivity index (χ4v) is 1.77.